The lowest BCUT2D eigenvalue weighted by atomic mass is 10.0. The van der Waals surface area contributed by atoms with Gasteiger partial charge in [0, 0.05) is 18.8 Å². The van der Waals surface area contributed by atoms with Gasteiger partial charge >= 0.3 is 0 Å². The molecule has 92 valence electrons. The molecule has 16 heavy (non-hydrogen) atoms. The second-order valence-electron chi connectivity index (χ2n) is 4.75. The minimum absolute atomic E-state index is 0.577. The van der Waals surface area contributed by atoms with Gasteiger partial charge in [-0.3, -0.25) is 4.68 Å². The van der Waals surface area contributed by atoms with Gasteiger partial charge in [0.15, 0.2) is 0 Å². The second-order valence-corrected chi connectivity index (χ2v) is 5.18. The Kier molecular flexibility index (Phi) is 5.85. The molecule has 0 aromatic carbocycles. The van der Waals surface area contributed by atoms with E-state index >= 15 is 0 Å². The first-order valence-electron chi connectivity index (χ1n) is 5.99. The zero-order valence-electron chi connectivity index (χ0n) is 10.4. The molecule has 1 unspecified atom stereocenters. The quantitative estimate of drug-likeness (QED) is 0.798. The van der Waals surface area contributed by atoms with Crippen LogP contribution >= 0.6 is 11.6 Å². The molecule has 0 saturated heterocycles. The number of rotatable bonds is 7. The number of halogens is 1. The molecule has 1 rings (SSSR count). The van der Waals surface area contributed by atoms with Crippen LogP contribution in [0, 0.1) is 5.92 Å². The molecule has 1 aromatic rings. The van der Waals surface area contributed by atoms with Gasteiger partial charge < -0.3 is 5.32 Å². The molecular formula is C12H22ClN3. The molecule has 0 bridgehead atoms. The lowest BCUT2D eigenvalue weighted by molar-refractivity contribution is 0.435. The van der Waals surface area contributed by atoms with Crippen molar-refractivity contribution in [3.63, 3.8) is 0 Å². The van der Waals surface area contributed by atoms with E-state index in [9.17, 15) is 0 Å². The summed E-state index contributed by atoms with van der Waals surface area (Å²) in [5, 5.41) is 8.33. The molecule has 1 aromatic heterocycles. The number of nitrogens with one attached hydrogen (secondary N) is 1. The summed E-state index contributed by atoms with van der Waals surface area (Å²) in [5.74, 6) is 0.786. The Balaban J connectivity index is 2.10. The van der Waals surface area contributed by atoms with Gasteiger partial charge in [0.1, 0.15) is 0 Å². The molecule has 1 heterocycles. The first-order valence-corrected chi connectivity index (χ1v) is 6.37. The third-order valence-electron chi connectivity index (χ3n) is 2.61. The summed E-state index contributed by atoms with van der Waals surface area (Å²) >= 11 is 5.78. The SMILES string of the molecule is CC(C)CCC(C)NCCn1cc(Cl)cn1. The van der Waals surface area contributed by atoms with Crippen molar-refractivity contribution in [3.8, 4) is 0 Å². The average Bonchev–Trinajstić information content (AvgIpc) is 2.61. The third-order valence-corrected chi connectivity index (χ3v) is 2.81. The fourth-order valence-electron chi connectivity index (χ4n) is 1.57. The third kappa shape index (κ3) is 5.52. The van der Waals surface area contributed by atoms with Crippen molar-refractivity contribution in [2.75, 3.05) is 6.54 Å². The van der Waals surface area contributed by atoms with Crippen molar-refractivity contribution in [1.82, 2.24) is 15.1 Å². The predicted molar refractivity (Wildman–Crippen MR) is 68.8 cm³/mol. The average molecular weight is 244 g/mol. The second kappa shape index (κ2) is 6.92. The van der Waals surface area contributed by atoms with Crippen LogP contribution in [-0.4, -0.2) is 22.4 Å². The topological polar surface area (TPSA) is 29.9 Å². The van der Waals surface area contributed by atoms with Gasteiger partial charge in [-0.05, 0) is 25.7 Å². The number of aromatic nitrogens is 2. The maximum absolute atomic E-state index is 5.78. The predicted octanol–water partition coefficient (Wildman–Crippen LogP) is 2.95. The van der Waals surface area contributed by atoms with Gasteiger partial charge in [-0.25, -0.2) is 0 Å². The summed E-state index contributed by atoms with van der Waals surface area (Å²) in [6, 6.07) is 0.577. The Morgan fingerprint density at radius 2 is 2.12 bits per heavy atom. The molecule has 0 aliphatic rings. The summed E-state index contributed by atoms with van der Waals surface area (Å²) in [6.07, 6.45) is 6.03. The monoisotopic (exact) mass is 243 g/mol. The van der Waals surface area contributed by atoms with Crippen LogP contribution in [-0.2, 0) is 6.54 Å². The van der Waals surface area contributed by atoms with Crippen LogP contribution in [0.3, 0.4) is 0 Å². The van der Waals surface area contributed by atoms with Crippen LogP contribution in [0.5, 0.6) is 0 Å². The van der Waals surface area contributed by atoms with Crippen LogP contribution in [0.25, 0.3) is 0 Å². The van der Waals surface area contributed by atoms with Crippen molar-refractivity contribution in [1.29, 1.82) is 0 Å². The molecule has 4 heteroatoms. The van der Waals surface area contributed by atoms with E-state index in [0.717, 1.165) is 19.0 Å². The van der Waals surface area contributed by atoms with Crippen LogP contribution in [0.1, 0.15) is 33.6 Å². The lowest BCUT2D eigenvalue weighted by Crippen LogP contribution is -2.29. The highest BCUT2D eigenvalue weighted by Crippen LogP contribution is 2.06. The fourth-order valence-corrected chi connectivity index (χ4v) is 1.73. The Morgan fingerprint density at radius 3 is 2.69 bits per heavy atom. The number of hydrogen-bond donors (Lipinski definition) is 1. The zero-order valence-corrected chi connectivity index (χ0v) is 11.2. The van der Waals surface area contributed by atoms with Gasteiger partial charge in [0.25, 0.3) is 0 Å². The first-order chi connectivity index (χ1) is 7.58. The number of nitrogens with zero attached hydrogens (tertiary/aromatic N) is 2. The standard InChI is InChI=1S/C12H22ClN3/c1-10(2)4-5-11(3)14-6-7-16-9-12(13)8-15-16/h8-11,14H,4-7H2,1-3H3. The molecular weight excluding hydrogens is 222 g/mol. The summed E-state index contributed by atoms with van der Waals surface area (Å²) in [6.45, 7) is 8.57. The molecule has 3 nitrogen and oxygen atoms in total. The molecule has 0 aliphatic heterocycles. The van der Waals surface area contributed by atoms with Crippen LogP contribution < -0.4 is 5.32 Å². The van der Waals surface area contributed by atoms with Gasteiger partial charge in [-0.15, -0.1) is 0 Å². The van der Waals surface area contributed by atoms with E-state index < -0.39 is 0 Å². The fraction of sp³-hybridized carbons (Fsp3) is 0.750. The van der Waals surface area contributed by atoms with E-state index in [0.29, 0.717) is 11.1 Å². The molecule has 0 saturated carbocycles. The zero-order chi connectivity index (χ0) is 12.0. The molecule has 1 N–H and O–H groups in total. The highest BCUT2D eigenvalue weighted by molar-refractivity contribution is 6.30. The smallest absolute Gasteiger partial charge is 0.0785 e. The van der Waals surface area contributed by atoms with Crippen molar-refractivity contribution in [2.24, 2.45) is 5.92 Å². The summed E-state index contributed by atoms with van der Waals surface area (Å²) < 4.78 is 1.87. The minimum atomic E-state index is 0.577. The van der Waals surface area contributed by atoms with Crippen molar-refractivity contribution in [3.05, 3.63) is 17.4 Å². The highest BCUT2D eigenvalue weighted by atomic mass is 35.5. The Bertz CT molecular complexity index is 296. The highest BCUT2D eigenvalue weighted by Gasteiger charge is 2.03. The molecule has 1 atom stereocenters. The van der Waals surface area contributed by atoms with E-state index in [-0.39, 0.29) is 0 Å². The Hall–Kier alpha value is -0.540. The number of hydrogen-bond acceptors (Lipinski definition) is 2. The van der Waals surface area contributed by atoms with Crippen molar-refractivity contribution >= 4 is 11.6 Å². The molecule has 0 radical (unpaired) electrons. The summed E-state index contributed by atoms with van der Waals surface area (Å²) in [4.78, 5) is 0. The first kappa shape index (κ1) is 13.5. The normalized spacial score (nSPS) is 13.3. The molecule has 0 amide bonds. The molecule has 0 spiro atoms. The van der Waals surface area contributed by atoms with E-state index in [1.165, 1.54) is 12.8 Å². The van der Waals surface area contributed by atoms with Gasteiger partial charge in [-0.1, -0.05) is 25.4 Å². The van der Waals surface area contributed by atoms with E-state index in [1.54, 1.807) is 6.20 Å². The largest absolute Gasteiger partial charge is 0.312 e. The van der Waals surface area contributed by atoms with E-state index in [2.05, 4.69) is 31.2 Å². The van der Waals surface area contributed by atoms with E-state index in [1.807, 2.05) is 10.9 Å². The van der Waals surface area contributed by atoms with Gasteiger partial charge in [-0.2, -0.15) is 5.10 Å². The Morgan fingerprint density at radius 1 is 1.38 bits per heavy atom. The summed E-state index contributed by atoms with van der Waals surface area (Å²) in [5.41, 5.74) is 0. The van der Waals surface area contributed by atoms with E-state index in [4.69, 9.17) is 11.6 Å². The van der Waals surface area contributed by atoms with Crippen LogP contribution in [0.2, 0.25) is 5.02 Å². The van der Waals surface area contributed by atoms with Crippen molar-refractivity contribution < 1.29 is 0 Å². The molecule has 0 fully saturated rings. The maximum atomic E-state index is 5.78. The van der Waals surface area contributed by atoms with Gasteiger partial charge in [0.05, 0.1) is 17.8 Å². The van der Waals surface area contributed by atoms with Crippen LogP contribution in [0.4, 0.5) is 0 Å². The lowest BCUT2D eigenvalue weighted by Gasteiger charge is -2.14. The molecule has 0 aliphatic carbocycles. The summed E-state index contributed by atoms with van der Waals surface area (Å²) in [7, 11) is 0. The van der Waals surface area contributed by atoms with Gasteiger partial charge in [0.2, 0.25) is 0 Å². The van der Waals surface area contributed by atoms with Crippen molar-refractivity contribution in [2.45, 2.75) is 46.2 Å². The van der Waals surface area contributed by atoms with Crippen LogP contribution in [0.15, 0.2) is 12.4 Å². The Labute approximate surface area is 103 Å². The maximum Gasteiger partial charge on any atom is 0.0785 e. The minimum Gasteiger partial charge on any atom is -0.312 e.